The van der Waals surface area contributed by atoms with Gasteiger partial charge in [-0.25, -0.2) is 4.98 Å². The Kier molecular flexibility index (Phi) is 3.46. The monoisotopic (exact) mass is 245 g/mol. The molecule has 2 unspecified atom stereocenters. The van der Waals surface area contributed by atoms with Gasteiger partial charge in [0.2, 0.25) is 5.13 Å². The van der Waals surface area contributed by atoms with Crippen LogP contribution in [0.3, 0.4) is 0 Å². The van der Waals surface area contributed by atoms with Crippen LogP contribution in [0, 0.1) is 0 Å². The van der Waals surface area contributed by atoms with E-state index in [2.05, 4.69) is 21.6 Å². The van der Waals surface area contributed by atoms with E-state index in [0.717, 1.165) is 17.4 Å². The summed E-state index contributed by atoms with van der Waals surface area (Å²) in [7, 11) is 0. The summed E-state index contributed by atoms with van der Waals surface area (Å²) >= 11 is 7.39. The Balaban J connectivity index is 1.86. The summed E-state index contributed by atoms with van der Waals surface area (Å²) in [4.78, 5) is 4.47. The van der Waals surface area contributed by atoms with E-state index >= 15 is 0 Å². The number of hydrogen-bond acceptors (Lipinski definition) is 4. The fourth-order valence-corrected chi connectivity index (χ4v) is 2.58. The summed E-state index contributed by atoms with van der Waals surface area (Å²) in [5.41, 5.74) is 0. The lowest BCUT2D eigenvalue weighted by atomic mass is 10.2. The molecule has 2 atom stereocenters. The summed E-state index contributed by atoms with van der Waals surface area (Å²) in [5, 5.41) is 4.47. The number of aromatic nitrogens is 2. The Morgan fingerprint density at radius 3 is 2.87 bits per heavy atom. The van der Waals surface area contributed by atoms with Gasteiger partial charge in [-0.05, 0) is 33.1 Å². The Hall–Kier alpha value is -0.350. The van der Waals surface area contributed by atoms with E-state index in [0.29, 0.717) is 12.0 Å². The molecular formula is C10H16ClN3S. The third-order valence-electron chi connectivity index (χ3n) is 2.43. The van der Waals surface area contributed by atoms with Crippen LogP contribution in [0.2, 0.25) is 0 Å². The maximum atomic E-state index is 5.93. The summed E-state index contributed by atoms with van der Waals surface area (Å²) in [6, 6.07) is 0.359. The summed E-state index contributed by atoms with van der Waals surface area (Å²) in [5.74, 6) is 1.66. The van der Waals surface area contributed by atoms with Crippen LogP contribution in [0.25, 0.3) is 0 Å². The van der Waals surface area contributed by atoms with Gasteiger partial charge < -0.3 is 5.32 Å². The van der Waals surface area contributed by atoms with Crippen molar-refractivity contribution in [1.29, 1.82) is 0 Å². The molecule has 1 fully saturated rings. The highest BCUT2D eigenvalue weighted by Gasteiger charge is 2.27. The van der Waals surface area contributed by atoms with E-state index in [4.69, 9.17) is 11.6 Å². The standard InChI is InChI=1S/C10H16ClN3S/c1-6(11)5-7(2)12-10-13-9(14-15-10)8-3-4-8/h6-8H,3-5H2,1-2H3,(H,12,13,14). The van der Waals surface area contributed by atoms with Crippen LogP contribution in [0.5, 0.6) is 0 Å². The Labute approximate surface area is 99.4 Å². The third kappa shape index (κ3) is 3.31. The molecule has 3 nitrogen and oxygen atoms in total. The largest absolute Gasteiger partial charge is 0.358 e. The number of halogens is 1. The maximum absolute atomic E-state index is 5.93. The lowest BCUT2D eigenvalue weighted by Crippen LogP contribution is -2.18. The van der Waals surface area contributed by atoms with Crippen molar-refractivity contribution in [1.82, 2.24) is 9.36 Å². The van der Waals surface area contributed by atoms with Crippen LogP contribution in [0.1, 0.15) is 44.9 Å². The zero-order valence-corrected chi connectivity index (χ0v) is 10.6. The first-order valence-corrected chi connectivity index (χ1v) is 6.60. The molecule has 1 saturated carbocycles. The highest BCUT2D eigenvalue weighted by atomic mass is 35.5. The predicted octanol–water partition coefficient (Wildman–Crippen LogP) is 3.23. The number of nitrogens with one attached hydrogen (secondary N) is 1. The van der Waals surface area contributed by atoms with Gasteiger partial charge in [0, 0.05) is 28.9 Å². The average Bonchev–Trinajstić information content (AvgIpc) is 2.87. The van der Waals surface area contributed by atoms with E-state index in [9.17, 15) is 0 Å². The van der Waals surface area contributed by atoms with Crippen LogP contribution >= 0.6 is 23.1 Å². The number of hydrogen-bond donors (Lipinski definition) is 1. The zero-order valence-electron chi connectivity index (χ0n) is 9.03. The van der Waals surface area contributed by atoms with Crippen LogP contribution < -0.4 is 5.32 Å². The second-order valence-corrected chi connectivity index (χ2v) is 5.79. The van der Waals surface area contributed by atoms with Crippen LogP contribution in [-0.2, 0) is 0 Å². The molecule has 1 aromatic rings. The van der Waals surface area contributed by atoms with Gasteiger partial charge in [0.25, 0.3) is 0 Å². The molecule has 1 aliphatic carbocycles. The smallest absolute Gasteiger partial charge is 0.202 e. The summed E-state index contributed by atoms with van der Waals surface area (Å²) in [6.07, 6.45) is 3.45. The highest BCUT2D eigenvalue weighted by molar-refractivity contribution is 7.09. The van der Waals surface area contributed by atoms with E-state index in [1.54, 1.807) is 0 Å². The second kappa shape index (κ2) is 4.66. The van der Waals surface area contributed by atoms with E-state index in [1.807, 2.05) is 6.92 Å². The molecule has 1 N–H and O–H groups in total. The van der Waals surface area contributed by atoms with Gasteiger partial charge in [0.05, 0.1) is 0 Å². The normalized spacial score (nSPS) is 19.9. The van der Waals surface area contributed by atoms with E-state index in [1.165, 1.54) is 24.4 Å². The number of alkyl halides is 1. The molecule has 15 heavy (non-hydrogen) atoms. The molecule has 1 aromatic heterocycles. The number of nitrogens with zero attached hydrogens (tertiary/aromatic N) is 2. The molecule has 1 heterocycles. The van der Waals surface area contributed by atoms with Gasteiger partial charge in [-0.15, -0.1) is 11.6 Å². The first kappa shape index (κ1) is 11.1. The third-order valence-corrected chi connectivity index (χ3v) is 3.27. The molecule has 0 saturated heterocycles. The topological polar surface area (TPSA) is 37.8 Å². The fraction of sp³-hybridized carbons (Fsp3) is 0.800. The van der Waals surface area contributed by atoms with Gasteiger partial charge in [-0.1, -0.05) is 0 Å². The van der Waals surface area contributed by atoms with Crippen molar-refractivity contribution in [3.8, 4) is 0 Å². The molecule has 0 aromatic carbocycles. The molecule has 0 amide bonds. The second-order valence-electron chi connectivity index (χ2n) is 4.29. The highest BCUT2D eigenvalue weighted by Crippen LogP contribution is 2.39. The van der Waals surface area contributed by atoms with Crippen LogP contribution in [0.15, 0.2) is 0 Å². The molecule has 0 radical (unpaired) electrons. The molecular weight excluding hydrogens is 230 g/mol. The summed E-state index contributed by atoms with van der Waals surface area (Å²) < 4.78 is 4.35. The first-order valence-electron chi connectivity index (χ1n) is 5.39. The molecule has 2 rings (SSSR count). The van der Waals surface area contributed by atoms with Crippen molar-refractivity contribution in [3.63, 3.8) is 0 Å². The van der Waals surface area contributed by atoms with Crippen molar-refractivity contribution < 1.29 is 0 Å². The zero-order chi connectivity index (χ0) is 10.8. The summed E-state index contributed by atoms with van der Waals surface area (Å²) in [6.45, 7) is 4.13. The lowest BCUT2D eigenvalue weighted by molar-refractivity contribution is 0.695. The van der Waals surface area contributed by atoms with Gasteiger partial charge in [-0.2, -0.15) is 4.37 Å². The Morgan fingerprint density at radius 1 is 1.53 bits per heavy atom. The van der Waals surface area contributed by atoms with Crippen molar-refractivity contribution in [2.24, 2.45) is 0 Å². The van der Waals surface area contributed by atoms with Crippen molar-refractivity contribution in [2.45, 2.75) is 50.4 Å². The van der Waals surface area contributed by atoms with Crippen LogP contribution in [0.4, 0.5) is 5.13 Å². The molecule has 0 aliphatic heterocycles. The molecule has 5 heteroatoms. The van der Waals surface area contributed by atoms with Gasteiger partial charge >= 0.3 is 0 Å². The SMILES string of the molecule is CC(Cl)CC(C)Nc1nc(C2CC2)ns1. The average molecular weight is 246 g/mol. The van der Waals surface area contributed by atoms with Crippen molar-refractivity contribution in [2.75, 3.05) is 5.32 Å². The van der Waals surface area contributed by atoms with Gasteiger partial charge in [-0.3, -0.25) is 0 Å². The Morgan fingerprint density at radius 2 is 2.27 bits per heavy atom. The molecule has 0 bridgehead atoms. The van der Waals surface area contributed by atoms with Gasteiger partial charge in [0.1, 0.15) is 5.82 Å². The van der Waals surface area contributed by atoms with Gasteiger partial charge in [0.15, 0.2) is 0 Å². The van der Waals surface area contributed by atoms with E-state index < -0.39 is 0 Å². The first-order chi connectivity index (χ1) is 7.15. The predicted molar refractivity (Wildman–Crippen MR) is 64.9 cm³/mol. The Bertz CT molecular complexity index is 322. The molecule has 1 aliphatic rings. The van der Waals surface area contributed by atoms with E-state index in [-0.39, 0.29) is 5.38 Å². The molecule has 84 valence electrons. The molecule has 0 spiro atoms. The quantitative estimate of drug-likeness (QED) is 0.810. The minimum absolute atomic E-state index is 0.198. The van der Waals surface area contributed by atoms with Crippen molar-refractivity contribution >= 4 is 28.3 Å². The minimum atomic E-state index is 0.198. The number of anilines is 1. The number of rotatable bonds is 5. The van der Waals surface area contributed by atoms with Crippen molar-refractivity contribution in [3.05, 3.63) is 5.82 Å². The maximum Gasteiger partial charge on any atom is 0.202 e. The lowest BCUT2D eigenvalue weighted by Gasteiger charge is -2.13. The van der Waals surface area contributed by atoms with Crippen LogP contribution in [-0.4, -0.2) is 20.8 Å². The fourth-order valence-electron chi connectivity index (χ4n) is 1.56. The minimum Gasteiger partial charge on any atom is -0.358 e.